The highest BCUT2D eigenvalue weighted by atomic mass is 35.5. The highest BCUT2D eigenvalue weighted by Crippen LogP contribution is 2.50. The molecule has 2 nitrogen and oxygen atoms in total. The van der Waals surface area contributed by atoms with E-state index in [-0.39, 0.29) is 11.2 Å². The highest BCUT2D eigenvalue weighted by Gasteiger charge is 2.45. The van der Waals surface area contributed by atoms with Crippen molar-refractivity contribution in [1.82, 2.24) is 10.2 Å². The van der Waals surface area contributed by atoms with Gasteiger partial charge in [-0.3, -0.25) is 0 Å². The van der Waals surface area contributed by atoms with Crippen LogP contribution in [0.5, 0.6) is 0 Å². The molecule has 1 aliphatic carbocycles. The molecule has 4 heteroatoms. The lowest BCUT2D eigenvalue weighted by molar-refractivity contribution is 0.232. The van der Waals surface area contributed by atoms with Gasteiger partial charge in [0.2, 0.25) is 0 Å². The Morgan fingerprint density at radius 3 is 2.65 bits per heavy atom. The monoisotopic (exact) mass is 296 g/mol. The van der Waals surface area contributed by atoms with Gasteiger partial charge in [-0.1, -0.05) is 17.7 Å². The Morgan fingerprint density at radius 2 is 2.05 bits per heavy atom. The highest BCUT2D eigenvalue weighted by molar-refractivity contribution is 6.31. The predicted octanol–water partition coefficient (Wildman–Crippen LogP) is 3.19. The number of nitrogens with zero attached hydrogens (tertiary/aromatic N) is 1. The van der Waals surface area contributed by atoms with Crippen molar-refractivity contribution in [3.63, 3.8) is 0 Å². The Bertz CT molecular complexity index is 479. The third-order valence-electron chi connectivity index (χ3n) is 4.80. The lowest BCUT2D eigenvalue weighted by Gasteiger charge is -2.31. The zero-order valence-corrected chi connectivity index (χ0v) is 12.7. The quantitative estimate of drug-likeness (QED) is 0.918. The van der Waals surface area contributed by atoms with Gasteiger partial charge in [0.1, 0.15) is 5.82 Å². The van der Waals surface area contributed by atoms with Crippen LogP contribution in [0, 0.1) is 5.82 Å². The number of benzene rings is 1. The van der Waals surface area contributed by atoms with Gasteiger partial charge in [-0.2, -0.15) is 0 Å². The molecule has 110 valence electrons. The molecule has 1 saturated carbocycles. The van der Waals surface area contributed by atoms with E-state index in [1.54, 1.807) is 0 Å². The molecule has 1 N–H and O–H groups in total. The molecule has 0 atom stereocenters. The lowest BCUT2D eigenvalue weighted by Crippen LogP contribution is -2.43. The second kappa shape index (κ2) is 5.63. The van der Waals surface area contributed by atoms with E-state index in [0.29, 0.717) is 11.1 Å². The zero-order chi connectivity index (χ0) is 14.2. The standard InChI is InChI=1S/C16H22ClFN2/c1-20-8-4-13(5-9-20)19-11-16(6-7-16)14-3-2-12(18)10-15(14)17/h2-3,10,13,19H,4-9,11H2,1H3. The maximum absolute atomic E-state index is 13.2. The Kier molecular flexibility index (Phi) is 4.02. The van der Waals surface area contributed by atoms with Crippen molar-refractivity contribution >= 4 is 11.6 Å². The lowest BCUT2D eigenvalue weighted by atomic mass is 9.94. The van der Waals surface area contributed by atoms with E-state index in [9.17, 15) is 4.39 Å². The number of nitrogens with one attached hydrogen (secondary N) is 1. The molecule has 2 fully saturated rings. The second-order valence-electron chi connectivity index (χ2n) is 6.36. The van der Waals surface area contributed by atoms with Crippen LogP contribution in [-0.4, -0.2) is 37.6 Å². The molecule has 20 heavy (non-hydrogen) atoms. The molecule has 3 rings (SSSR count). The van der Waals surface area contributed by atoms with Crippen LogP contribution in [0.2, 0.25) is 5.02 Å². The minimum Gasteiger partial charge on any atom is -0.313 e. The van der Waals surface area contributed by atoms with Crippen molar-refractivity contribution in [3.8, 4) is 0 Å². The Labute approximate surface area is 125 Å². The Balaban J connectivity index is 1.62. The van der Waals surface area contributed by atoms with Crippen molar-refractivity contribution in [1.29, 1.82) is 0 Å². The number of likely N-dealkylation sites (tertiary alicyclic amines) is 1. The number of hydrogen-bond acceptors (Lipinski definition) is 2. The minimum atomic E-state index is -0.252. The van der Waals surface area contributed by atoms with Crippen LogP contribution < -0.4 is 5.32 Å². The summed E-state index contributed by atoms with van der Waals surface area (Å²) in [5, 5.41) is 4.28. The summed E-state index contributed by atoms with van der Waals surface area (Å²) in [5.74, 6) is -0.252. The van der Waals surface area contributed by atoms with Gasteiger partial charge in [0.05, 0.1) is 0 Å². The normalized spacial score (nSPS) is 22.9. The molecule has 0 amide bonds. The summed E-state index contributed by atoms with van der Waals surface area (Å²) in [6.45, 7) is 3.30. The van der Waals surface area contributed by atoms with Gasteiger partial charge < -0.3 is 10.2 Å². The number of halogens is 2. The van der Waals surface area contributed by atoms with Crippen LogP contribution in [0.1, 0.15) is 31.2 Å². The van der Waals surface area contributed by atoms with E-state index in [4.69, 9.17) is 11.6 Å². The molecule has 0 radical (unpaired) electrons. The first-order valence-corrected chi connectivity index (χ1v) is 7.84. The fraction of sp³-hybridized carbons (Fsp3) is 0.625. The number of rotatable bonds is 4. The fourth-order valence-electron chi connectivity index (χ4n) is 3.16. The second-order valence-corrected chi connectivity index (χ2v) is 6.77. The molecule has 1 saturated heterocycles. The van der Waals surface area contributed by atoms with Crippen LogP contribution in [-0.2, 0) is 5.41 Å². The molecule has 0 bridgehead atoms. The van der Waals surface area contributed by atoms with Gasteiger partial charge >= 0.3 is 0 Å². The first-order chi connectivity index (χ1) is 9.59. The molecule has 1 aliphatic heterocycles. The summed E-state index contributed by atoms with van der Waals surface area (Å²) in [5.41, 5.74) is 1.26. The number of hydrogen-bond donors (Lipinski definition) is 1. The largest absolute Gasteiger partial charge is 0.313 e. The molecule has 1 aromatic carbocycles. The SMILES string of the molecule is CN1CCC(NCC2(c3ccc(F)cc3Cl)CC2)CC1. The maximum atomic E-state index is 13.2. The molecule has 1 heterocycles. The van der Waals surface area contributed by atoms with E-state index in [2.05, 4.69) is 17.3 Å². The van der Waals surface area contributed by atoms with Crippen LogP contribution in [0.3, 0.4) is 0 Å². The summed E-state index contributed by atoms with van der Waals surface area (Å²) >= 11 is 6.22. The summed E-state index contributed by atoms with van der Waals surface area (Å²) in [6.07, 6.45) is 4.73. The van der Waals surface area contributed by atoms with Gasteiger partial charge in [-0.15, -0.1) is 0 Å². The molecule has 1 aromatic rings. The van der Waals surface area contributed by atoms with Crippen molar-refractivity contribution in [2.75, 3.05) is 26.7 Å². The average Bonchev–Trinajstić information content (AvgIpc) is 3.19. The topological polar surface area (TPSA) is 15.3 Å². The van der Waals surface area contributed by atoms with Crippen LogP contribution in [0.15, 0.2) is 18.2 Å². The first-order valence-electron chi connectivity index (χ1n) is 7.47. The van der Waals surface area contributed by atoms with E-state index in [1.165, 1.54) is 38.1 Å². The van der Waals surface area contributed by atoms with Gasteiger partial charge in [0.15, 0.2) is 0 Å². The molecule has 0 spiro atoms. The van der Waals surface area contributed by atoms with Gasteiger partial charge in [0.25, 0.3) is 0 Å². The Morgan fingerprint density at radius 1 is 1.35 bits per heavy atom. The van der Waals surface area contributed by atoms with Gasteiger partial charge in [-0.05, 0) is 63.5 Å². The zero-order valence-electron chi connectivity index (χ0n) is 12.0. The van der Waals surface area contributed by atoms with Crippen LogP contribution in [0.4, 0.5) is 4.39 Å². The predicted molar refractivity (Wildman–Crippen MR) is 80.8 cm³/mol. The average molecular weight is 297 g/mol. The third kappa shape index (κ3) is 3.00. The van der Waals surface area contributed by atoms with E-state index in [1.807, 2.05) is 6.07 Å². The fourth-order valence-corrected chi connectivity index (χ4v) is 3.53. The first kappa shape index (κ1) is 14.3. The molecular weight excluding hydrogens is 275 g/mol. The third-order valence-corrected chi connectivity index (χ3v) is 5.12. The van der Waals surface area contributed by atoms with Crippen molar-refractivity contribution in [2.45, 2.75) is 37.1 Å². The van der Waals surface area contributed by atoms with Crippen molar-refractivity contribution in [3.05, 3.63) is 34.6 Å². The summed E-state index contributed by atoms with van der Waals surface area (Å²) in [6, 6.07) is 5.44. The minimum absolute atomic E-state index is 0.147. The smallest absolute Gasteiger partial charge is 0.124 e. The van der Waals surface area contributed by atoms with Gasteiger partial charge in [0, 0.05) is 23.0 Å². The molecule has 0 aromatic heterocycles. The van der Waals surface area contributed by atoms with Crippen LogP contribution >= 0.6 is 11.6 Å². The van der Waals surface area contributed by atoms with E-state index in [0.717, 1.165) is 24.9 Å². The summed E-state index contributed by atoms with van der Waals surface area (Å²) in [4.78, 5) is 2.38. The van der Waals surface area contributed by atoms with Gasteiger partial charge in [-0.25, -0.2) is 4.39 Å². The van der Waals surface area contributed by atoms with Crippen LogP contribution in [0.25, 0.3) is 0 Å². The maximum Gasteiger partial charge on any atom is 0.124 e. The molecule has 2 aliphatic rings. The van der Waals surface area contributed by atoms with Crippen molar-refractivity contribution < 1.29 is 4.39 Å². The summed E-state index contributed by atoms with van der Waals surface area (Å²) < 4.78 is 13.2. The molecular formula is C16H22ClFN2. The van der Waals surface area contributed by atoms with E-state index >= 15 is 0 Å². The van der Waals surface area contributed by atoms with Crippen molar-refractivity contribution in [2.24, 2.45) is 0 Å². The number of piperidine rings is 1. The summed E-state index contributed by atoms with van der Waals surface area (Å²) in [7, 11) is 2.18. The van der Waals surface area contributed by atoms with E-state index < -0.39 is 0 Å². The molecule has 0 unspecified atom stereocenters. The Hall–Kier alpha value is -0.640.